The molecule has 0 heterocycles. The van der Waals surface area contributed by atoms with Crippen molar-refractivity contribution in [2.24, 2.45) is 5.10 Å². The Labute approximate surface area is 207 Å². The molecular formula is C26H24ClN3O5. The maximum atomic E-state index is 12.4. The fourth-order valence-electron chi connectivity index (χ4n) is 3.18. The van der Waals surface area contributed by atoms with Crippen LogP contribution in [0.2, 0.25) is 5.02 Å². The molecule has 0 atom stereocenters. The first-order chi connectivity index (χ1) is 16.7. The standard InChI is InChI=1S/C26H24ClN3O5/c1-15-7-5-8-16(2)23(15)28-24(31)25(32)30-29-17(3)18-11-12-21(22(14-18)34-4)35-26(33)19-9-6-10-20(27)13-19/h5-14H,1-4H3,(H,28,31)(H,30,32)/b29-17+. The van der Waals surface area contributed by atoms with Crippen LogP contribution in [0.25, 0.3) is 0 Å². The molecule has 2 N–H and O–H groups in total. The van der Waals surface area contributed by atoms with Crippen molar-refractivity contribution in [3.8, 4) is 11.5 Å². The molecule has 0 spiro atoms. The minimum Gasteiger partial charge on any atom is -0.493 e. The predicted molar refractivity (Wildman–Crippen MR) is 134 cm³/mol. The minimum atomic E-state index is -0.911. The molecule has 0 aliphatic rings. The second kappa shape index (κ2) is 11.3. The van der Waals surface area contributed by atoms with E-state index in [2.05, 4.69) is 15.8 Å². The Balaban J connectivity index is 1.69. The Morgan fingerprint density at radius 2 is 1.54 bits per heavy atom. The van der Waals surface area contributed by atoms with Gasteiger partial charge in [0.05, 0.1) is 18.4 Å². The highest BCUT2D eigenvalue weighted by Gasteiger charge is 2.17. The number of rotatable bonds is 6. The molecule has 0 aliphatic heterocycles. The third kappa shape index (κ3) is 6.45. The summed E-state index contributed by atoms with van der Waals surface area (Å²) in [6, 6.07) is 16.7. The maximum absolute atomic E-state index is 12.4. The van der Waals surface area contributed by atoms with Gasteiger partial charge in [-0.15, -0.1) is 0 Å². The summed E-state index contributed by atoms with van der Waals surface area (Å²) in [4.78, 5) is 36.9. The van der Waals surface area contributed by atoms with Crippen LogP contribution in [0.4, 0.5) is 5.69 Å². The van der Waals surface area contributed by atoms with Crippen LogP contribution in [0.1, 0.15) is 34.0 Å². The Kier molecular flexibility index (Phi) is 8.22. The number of esters is 1. The lowest BCUT2D eigenvalue weighted by atomic mass is 10.1. The Morgan fingerprint density at radius 3 is 2.20 bits per heavy atom. The van der Waals surface area contributed by atoms with E-state index in [4.69, 9.17) is 21.1 Å². The highest BCUT2D eigenvalue weighted by atomic mass is 35.5. The smallest absolute Gasteiger partial charge is 0.343 e. The molecule has 3 rings (SSSR count). The van der Waals surface area contributed by atoms with Crippen molar-refractivity contribution in [3.63, 3.8) is 0 Å². The Bertz CT molecular complexity index is 1300. The first kappa shape index (κ1) is 25.5. The number of halogens is 1. The van der Waals surface area contributed by atoms with Crippen molar-refractivity contribution in [2.45, 2.75) is 20.8 Å². The average Bonchev–Trinajstić information content (AvgIpc) is 2.84. The van der Waals surface area contributed by atoms with Crippen molar-refractivity contribution in [3.05, 3.63) is 87.9 Å². The van der Waals surface area contributed by atoms with E-state index in [1.807, 2.05) is 32.0 Å². The van der Waals surface area contributed by atoms with E-state index < -0.39 is 17.8 Å². The molecule has 0 fully saturated rings. The van der Waals surface area contributed by atoms with Gasteiger partial charge in [0.25, 0.3) is 0 Å². The molecule has 0 aliphatic carbocycles. The van der Waals surface area contributed by atoms with Gasteiger partial charge in [-0.2, -0.15) is 5.10 Å². The predicted octanol–water partition coefficient (Wildman–Crippen LogP) is 4.66. The van der Waals surface area contributed by atoms with E-state index >= 15 is 0 Å². The van der Waals surface area contributed by atoms with Gasteiger partial charge in [0.15, 0.2) is 11.5 Å². The van der Waals surface area contributed by atoms with Gasteiger partial charge in [-0.05, 0) is 68.3 Å². The van der Waals surface area contributed by atoms with Crippen LogP contribution in [0.5, 0.6) is 11.5 Å². The highest BCUT2D eigenvalue weighted by molar-refractivity contribution is 6.39. The van der Waals surface area contributed by atoms with Crippen molar-refractivity contribution in [2.75, 3.05) is 12.4 Å². The zero-order chi connectivity index (χ0) is 25.5. The van der Waals surface area contributed by atoms with Gasteiger partial charge >= 0.3 is 17.8 Å². The third-order valence-electron chi connectivity index (χ3n) is 5.10. The van der Waals surface area contributed by atoms with Crippen LogP contribution < -0.4 is 20.2 Å². The molecule has 0 saturated heterocycles. The van der Waals surface area contributed by atoms with Gasteiger partial charge in [-0.25, -0.2) is 10.2 Å². The number of hydrogen-bond donors (Lipinski definition) is 2. The van der Waals surface area contributed by atoms with Gasteiger partial charge in [0.2, 0.25) is 0 Å². The lowest BCUT2D eigenvalue weighted by Crippen LogP contribution is -2.33. The van der Waals surface area contributed by atoms with Crippen LogP contribution in [0, 0.1) is 13.8 Å². The number of amides is 2. The van der Waals surface area contributed by atoms with E-state index in [0.29, 0.717) is 27.5 Å². The molecule has 2 amide bonds. The number of nitrogens with one attached hydrogen (secondary N) is 2. The van der Waals surface area contributed by atoms with Gasteiger partial charge in [-0.1, -0.05) is 35.9 Å². The summed E-state index contributed by atoms with van der Waals surface area (Å²) in [5, 5.41) is 7.02. The monoisotopic (exact) mass is 493 g/mol. The van der Waals surface area contributed by atoms with E-state index in [0.717, 1.165) is 11.1 Å². The number of hydrogen-bond acceptors (Lipinski definition) is 6. The third-order valence-corrected chi connectivity index (χ3v) is 5.33. The van der Waals surface area contributed by atoms with Crippen LogP contribution in [0.3, 0.4) is 0 Å². The summed E-state index contributed by atoms with van der Waals surface area (Å²) in [5.74, 6) is -1.85. The summed E-state index contributed by atoms with van der Waals surface area (Å²) in [5.41, 5.74) is 5.80. The molecule has 0 saturated carbocycles. The molecular weight excluding hydrogens is 470 g/mol. The summed E-state index contributed by atoms with van der Waals surface area (Å²) >= 11 is 5.93. The van der Waals surface area contributed by atoms with Crippen molar-refractivity contribution >= 4 is 40.8 Å². The van der Waals surface area contributed by atoms with Crippen LogP contribution >= 0.6 is 11.6 Å². The molecule has 35 heavy (non-hydrogen) atoms. The van der Waals surface area contributed by atoms with E-state index in [-0.39, 0.29) is 11.5 Å². The lowest BCUT2D eigenvalue weighted by molar-refractivity contribution is -0.136. The Morgan fingerprint density at radius 1 is 0.857 bits per heavy atom. The quantitative estimate of drug-likeness (QED) is 0.171. The largest absolute Gasteiger partial charge is 0.493 e. The van der Waals surface area contributed by atoms with Crippen LogP contribution in [0.15, 0.2) is 65.8 Å². The van der Waals surface area contributed by atoms with Crippen molar-refractivity contribution in [1.29, 1.82) is 0 Å². The number of nitrogens with zero attached hydrogens (tertiary/aromatic N) is 1. The summed E-state index contributed by atoms with van der Waals surface area (Å²) in [6.07, 6.45) is 0. The zero-order valence-corrected chi connectivity index (χ0v) is 20.4. The SMILES string of the molecule is COc1cc(/C(C)=N/NC(=O)C(=O)Nc2c(C)cccc2C)ccc1OC(=O)c1cccc(Cl)c1. The van der Waals surface area contributed by atoms with Gasteiger partial charge in [0.1, 0.15) is 0 Å². The van der Waals surface area contributed by atoms with Gasteiger partial charge in [0, 0.05) is 16.3 Å². The number of ether oxygens (including phenoxy) is 2. The number of methoxy groups -OCH3 is 1. The summed E-state index contributed by atoms with van der Waals surface area (Å²) < 4.78 is 10.8. The van der Waals surface area contributed by atoms with E-state index in [1.165, 1.54) is 13.2 Å². The number of carbonyl (C=O) groups is 3. The first-order valence-electron chi connectivity index (χ1n) is 10.6. The number of benzene rings is 3. The molecule has 0 radical (unpaired) electrons. The molecule has 0 unspecified atom stereocenters. The molecule has 8 nitrogen and oxygen atoms in total. The summed E-state index contributed by atoms with van der Waals surface area (Å²) in [7, 11) is 1.43. The topological polar surface area (TPSA) is 106 Å². The Hall–Kier alpha value is -4.17. The molecule has 3 aromatic rings. The molecule has 3 aromatic carbocycles. The van der Waals surface area contributed by atoms with Crippen LogP contribution in [-0.2, 0) is 9.59 Å². The minimum absolute atomic E-state index is 0.200. The average molecular weight is 494 g/mol. The lowest BCUT2D eigenvalue weighted by Gasteiger charge is -2.12. The zero-order valence-electron chi connectivity index (χ0n) is 19.6. The maximum Gasteiger partial charge on any atom is 0.343 e. The second-order valence-corrected chi connectivity index (χ2v) is 8.06. The number of para-hydroxylation sites is 1. The van der Waals surface area contributed by atoms with Crippen molar-refractivity contribution < 1.29 is 23.9 Å². The van der Waals surface area contributed by atoms with E-state index in [1.54, 1.807) is 43.3 Å². The summed E-state index contributed by atoms with van der Waals surface area (Å²) in [6.45, 7) is 5.33. The van der Waals surface area contributed by atoms with E-state index in [9.17, 15) is 14.4 Å². The number of carbonyl (C=O) groups excluding carboxylic acids is 3. The van der Waals surface area contributed by atoms with Gasteiger partial charge < -0.3 is 14.8 Å². The first-order valence-corrected chi connectivity index (χ1v) is 11.0. The molecule has 180 valence electrons. The fraction of sp³-hybridized carbons (Fsp3) is 0.154. The van der Waals surface area contributed by atoms with Crippen LogP contribution in [-0.4, -0.2) is 30.6 Å². The van der Waals surface area contributed by atoms with Crippen molar-refractivity contribution in [1.82, 2.24) is 5.43 Å². The highest BCUT2D eigenvalue weighted by Crippen LogP contribution is 2.29. The normalized spacial score (nSPS) is 10.9. The number of hydrazone groups is 1. The second-order valence-electron chi connectivity index (χ2n) is 7.62. The van der Waals surface area contributed by atoms with Gasteiger partial charge in [-0.3, -0.25) is 9.59 Å². The number of anilines is 1. The molecule has 0 aromatic heterocycles. The molecule has 0 bridgehead atoms. The molecule has 9 heteroatoms. The number of aryl methyl sites for hydroxylation is 2. The fourth-order valence-corrected chi connectivity index (χ4v) is 3.37.